The number of imide groups is 1. The van der Waals surface area contributed by atoms with Crippen molar-refractivity contribution in [2.45, 2.75) is 70.1 Å². The summed E-state index contributed by atoms with van der Waals surface area (Å²) in [5.41, 5.74) is -0.852. The highest BCUT2D eigenvalue weighted by molar-refractivity contribution is 8.00. The first-order valence-corrected chi connectivity index (χ1v) is 11.8. The summed E-state index contributed by atoms with van der Waals surface area (Å²) in [7, 11) is 0. The molecule has 0 radical (unpaired) electrons. The fourth-order valence-corrected chi connectivity index (χ4v) is 4.27. The second kappa shape index (κ2) is 9.65. The van der Waals surface area contributed by atoms with E-state index in [0.717, 1.165) is 16.1 Å². The number of aromatic nitrogens is 1. The van der Waals surface area contributed by atoms with Crippen molar-refractivity contribution in [2.24, 2.45) is 0 Å². The summed E-state index contributed by atoms with van der Waals surface area (Å²) in [6.45, 7) is 11.4. The molecule has 0 saturated heterocycles. The van der Waals surface area contributed by atoms with Crippen LogP contribution in [0.25, 0.3) is 11.1 Å². The van der Waals surface area contributed by atoms with Gasteiger partial charge in [0.2, 0.25) is 5.91 Å². The Bertz CT molecular complexity index is 1180. The van der Waals surface area contributed by atoms with Crippen molar-refractivity contribution in [3.8, 4) is 11.1 Å². The van der Waals surface area contributed by atoms with E-state index in [2.05, 4.69) is 15.6 Å². The van der Waals surface area contributed by atoms with E-state index in [0.29, 0.717) is 10.5 Å². The van der Waals surface area contributed by atoms with Crippen molar-refractivity contribution in [3.05, 3.63) is 40.8 Å². The molecule has 2 heterocycles. The SMILES string of the molecule is CC(=O)NC1Nc2ccc(-c3c[nH]c(=O)c(N(C(=O)OC(C)(C)C)C(=O)OC(C)(C)C)c3)cc2S1. The number of nitrogens with zero attached hydrogens (tertiary/aromatic N) is 1. The number of thioether (sulfide) groups is 1. The third-order valence-electron chi connectivity index (χ3n) is 4.46. The number of fused-ring (bicyclic) bond motifs is 1. The summed E-state index contributed by atoms with van der Waals surface area (Å²) >= 11 is 1.44. The van der Waals surface area contributed by atoms with Gasteiger partial charge >= 0.3 is 12.2 Å². The Labute approximate surface area is 207 Å². The first-order valence-electron chi connectivity index (χ1n) is 11.0. The Morgan fingerprint density at radius 3 is 2.11 bits per heavy atom. The van der Waals surface area contributed by atoms with Gasteiger partial charge in [0, 0.05) is 23.6 Å². The Hall–Kier alpha value is -3.47. The van der Waals surface area contributed by atoms with E-state index in [1.54, 1.807) is 41.5 Å². The highest BCUT2D eigenvalue weighted by atomic mass is 32.2. The lowest BCUT2D eigenvalue weighted by Gasteiger charge is -2.28. The molecule has 188 valence electrons. The van der Waals surface area contributed by atoms with E-state index in [1.165, 1.54) is 30.9 Å². The molecule has 0 spiro atoms. The zero-order valence-electron chi connectivity index (χ0n) is 20.8. The quantitative estimate of drug-likeness (QED) is 0.553. The van der Waals surface area contributed by atoms with E-state index in [-0.39, 0.29) is 17.1 Å². The van der Waals surface area contributed by atoms with Crippen molar-refractivity contribution >= 4 is 41.2 Å². The number of aromatic amines is 1. The van der Waals surface area contributed by atoms with Crippen molar-refractivity contribution in [3.63, 3.8) is 0 Å². The van der Waals surface area contributed by atoms with Crippen molar-refractivity contribution in [1.29, 1.82) is 0 Å². The van der Waals surface area contributed by atoms with Gasteiger partial charge in [-0.05, 0) is 65.3 Å². The van der Waals surface area contributed by atoms with Gasteiger partial charge in [0.1, 0.15) is 16.9 Å². The molecule has 3 N–H and O–H groups in total. The molecule has 0 saturated carbocycles. The maximum absolute atomic E-state index is 13.0. The average Bonchev–Trinajstić information content (AvgIpc) is 3.07. The molecule has 0 fully saturated rings. The fraction of sp³-hybridized carbons (Fsp3) is 0.417. The second-order valence-corrected chi connectivity index (χ2v) is 11.1. The molecule has 1 aliphatic heterocycles. The van der Waals surface area contributed by atoms with Gasteiger partial charge in [-0.3, -0.25) is 9.59 Å². The van der Waals surface area contributed by atoms with Gasteiger partial charge < -0.3 is 25.1 Å². The van der Waals surface area contributed by atoms with E-state index in [1.807, 2.05) is 18.2 Å². The molecular formula is C24H30N4O6S. The average molecular weight is 503 g/mol. The molecule has 0 bridgehead atoms. The first kappa shape index (κ1) is 26.1. The van der Waals surface area contributed by atoms with Gasteiger partial charge in [0.05, 0.1) is 5.69 Å². The number of nitrogens with one attached hydrogen (secondary N) is 3. The zero-order valence-corrected chi connectivity index (χ0v) is 21.6. The number of carbonyl (C=O) groups is 3. The van der Waals surface area contributed by atoms with Crippen LogP contribution in [-0.4, -0.2) is 39.8 Å². The van der Waals surface area contributed by atoms with Crippen LogP contribution >= 0.6 is 11.8 Å². The Kier molecular flexibility index (Phi) is 7.21. The third-order valence-corrected chi connectivity index (χ3v) is 5.52. The molecule has 1 atom stereocenters. The number of pyridine rings is 1. The van der Waals surface area contributed by atoms with Gasteiger partial charge in [-0.15, -0.1) is 0 Å². The highest BCUT2D eigenvalue weighted by Gasteiger charge is 2.34. The number of carbonyl (C=O) groups excluding carboxylic acids is 3. The number of H-pyrrole nitrogens is 1. The topological polar surface area (TPSA) is 130 Å². The van der Waals surface area contributed by atoms with Crippen LogP contribution in [0, 0.1) is 0 Å². The van der Waals surface area contributed by atoms with Crippen LogP contribution in [0.3, 0.4) is 0 Å². The molecular weight excluding hydrogens is 472 g/mol. The molecule has 3 amide bonds. The maximum Gasteiger partial charge on any atom is 0.424 e. The lowest BCUT2D eigenvalue weighted by atomic mass is 10.1. The molecule has 35 heavy (non-hydrogen) atoms. The Morgan fingerprint density at radius 1 is 0.971 bits per heavy atom. The summed E-state index contributed by atoms with van der Waals surface area (Å²) in [5.74, 6) is -0.155. The number of amides is 3. The van der Waals surface area contributed by atoms with Crippen LogP contribution in [0.15, 0.2) is 40.2 Å². The van der Waals surface area contributed by atoms with Gasteiger partial charge in [-0.25, -0.2) is 9.59 Å². The van der Waals surface area contributed by atoms with E-state index in [4.69, 9.17) is 9.47 Å². The van der Waals surface area contributed by atoms with Crippen LogP contribution in [0.1, 0.15) is 48.5 Å². The van der Waals surface area contributed by atoms with Gasteiger partial charge in [0.15, 0.2) is 5.50 Å². The van der Waals surface area contributed by atoms with Crippen LogP contribution in [0.4, 0.5) is 21.0 Å². The smallest absolute Gasteiger partial charge is 0.424 e. The van der Waals surface area contributed by atoms with E-state index < -0.39 is 28.9 Å². The van der Waals surface area contributed by atoms with Gasteiger partial charge in [-0.2, -0.15) is 4.90 Å². The maximum atomic E-state index is 13.0. The van der Waals surface area contributed by atoms with Crippen LogP contribution in [-0.2, 0) is 14.3 Å². The summed E-state index contributed by atoms with van der Waals surface area (Å²) in [5, 5.41) is 6.00. The minimum Gasteiger partial charge on any atom is -0.443 e. The molecule has 2 aromatic rings. The number of anilines is 2. The number of ether oxygens (including phenoxy) is 2. The normalized spacial score (nSPS) is 15.0. The molecule has 11 heteroatoms. The molecule has 1 aromatic heterocycles. The number of hydrogen-bond acceptors (Lipinski definition) is 8. The molecule has 1 aromatic carbocycles. The standard InChI is InChI=1S/C24H30N4O6S/c1-13(29)26-20-27-16-9-8-14(11-18(16)35-20)15-10-17(19(30)25-12-15)28(21(31)33-23(2,3)4)22(32)34-24(5,6)7/h8-12,20,27H,1-7H3,(H,25,30)(H,26,29). The first-order chi connectivity index (χ1) is 16.1. The van der Waals surface area contributed by atoms with Gasteiger partial charge in [-0.1, -0.05) is 17.8 Å². The summed E-state index contributed by atoms with van der Waals surface area (Å²) in [6.07, 6.45) is -0.559. The fourth-order valence-electron chi connectivity index (χ4n) is 3.16. The monoisotopic (exact) mass is 502 g/mol. The molecule has 3 rings (SSSR count). The number of rotatable bonds is 3. The van der Waals surface area contributed by atoms with Crippen LogP contribution in [0.5, 0.6) is 0 Å². The number of hydrogen-bond donors (Lipinski definition) is 3. The Balaban J connectivity index is 2.00. The summed E-state index contributed by atoms with van der Waals surface area (Å²) in [4.78, 5) is 54.2. The lowest BCUT2D eigenvalue weighted by Crippen LogP contribution is -2.45. The summed E-state index contributed by atoms with van der Waals surface area (Å²) < 4.78 is 10.8. The van der Waals surface area contributed by atoms with Crippen molar-refractivity contribution in [1.82, 2.24) is 10.3 Å². The number of benzene rings is 1. The lowest BCUT2D eigenvalue weighted by molar-refractivity contribution is -0.119. The van der Waals surface area contributed by atoms with E-state index in [9.17, 15) is 19.2 Å². The molecule has 0 aliphatic carbocycles. The highest BCUT2D eigenvalue weighted by Crippen LogP contribution is 2.40. The van der Waals surface area contributed by atoms with Gasteiger partial charge in [0.25, 0.3) is 5.56 Å². The minimum absolute atomic E-state index is 0.155. The molecule has 1 unspecified atom stereocenters. The largest absolute Gasteiger partial charge is 0.443 e. The summed E-state index contributed by atoms with van der Waals surface area (Å²) in [6, 6.07) is 7.00. The van der Waals surface area contributed by atoms with Crippen molar-refractivity contribution < 1.29 is 23.9 Å². The third kappa shape index (κ3) is 6.78. The predicted octanol–water partition coefficient (Wildman–Crippen LogP) is 4.66. The van der Waals surface area contributed by atoms with E-state index >= 15 is 0 Å². The zero-order chi connectivity index (χ0) is 26.1. The molecule has 1 aliphatic rings. The molecule has 10 nitrogen and oxygen atoms in total. The minimum atomic E-state index is -1.03. The predicted molar refractivity (Wildman–Crippen MR) is 135 cm³/mol. The van der Waals surface area contributed by atoms with Crippen LogP contribution in [0.2, 0.25) is 0 Å². The Morgan fingerprint density at radius 2 is 1.57 bits per heavy atom. The van der Waals surface area contributed by atoms with Crippen molar-refractivity contribution in [2.75, 3.05) is 10.2 Å². The second-order valence-electron chi connectivity index (χ2n) is 9.95. The van der Waals surface area contributed by atoms with Crippen LogP contribution < -0.4 is 21.1 Å².